The van der Waals surface area contributed by atoms with Gasteiger partial charge in [0.05, 0.1) is 0 Å². The molecule has 1 aliphatic rings. The van der Waals surface area contributed by atoms with E-state index in [1.165, 1.54) is 40.6 Å². The van der Waals surface area contributed by atoms with Gasteiger partial charge in [-0.2, -0.15) is 0 Å². The summed E-state index contributed by atoms with van der Waals surface area (Å²) in [5, 5.41) is 5.00. The Morgan fingerprint density at radius 2 is 2.06 bits per heavy atom. The zero-order valence-electron chi connectivity index (χ0n) is 10.9. The third-order valence-electron chi connectivity index (χ3n) is 3.89. The van der Waals surface area contributed by atoms with Crippen molar-refractivity contribution < 1.29 is 0 Å². The van der Waals surface area contributed by atoms with E-state index in [0.717, 1.165) is 12.6 Å². The molecule has 90 valence electrons. The molecule has 1 aliphatic carbocycles. The number of aryl methyl sites for hydroxylation is 3. The number of hydrogen-bond acceptors (Lipinski definition) is 1. The fourth-order valence-electron chi connectivity index (χ4n) is 2.57. The van der Waals surface area contributed by atoms with Gasteiger partial charge in [-0.3, -0.25) is 0 Å². The second-order valence-corrected chi connectivity index (χ2v) is 5.31. The van der Waals surface area contributed by atoms with E-state index < -0.39 is 0 Å². The maximum absolute atomic E-state index is 3.61. The van der Waals surface area contributed by atoms with Crippen LogP contribution in [0.5, 0.6) is 0 Å². The summed E-state index contributed by atoms with van der Waals surface area (Å²) in [6.45, 7) is 5.40. The maximum Gasteiger partial charge on any atom is 0.0485 e. The highest BCUT2D eigenvalue weighted by atomic mass is 15.0. The number of fused-ring (bicyclic) bond motifs is 1. The Kier molecular flexibility index (Phi) is 2.48. The first-order chi connectivity index (χ1) is 8.16. The number of rotatable bonds is 3. The van der Waals surface area contributed by atoms with Crippen molar-refractivity contribution in [3.63, 3.8) is 0 Å². The molecule has 1 aromatic carbocycles. The van der Waals surface area contributed by atoms with Crippen molar-refractivity contribution in [2.45, 2.75) is 39.3 Å². The summed E-state index contributed by atoms with van der Waals surface area (Å²) in [6, 6.07) is 7.51. The molecule has 2 nitrogen and oxygen atoms in total. The Morgan fingerprint density at radius 1 is 1.29 bits per heavy atom. The van der Waals surface area contributed by atoms with E-state index in [9.17, 15) is 0 Å². The highest BCUT2D eigenvalue weighted by Gasteiger charge is 2.21. The number of benzene rings is 1. The SMILES string of the molecule is Cc1ccc2c(C)c(CNC3CC3)n(C)c2c1. The standard InChI is InChI=1S/C15H20N2/c1-10-4-7-13-11(2)15(9-16-12-5-6-12)17(3)14(13)8-10/h4,7-8,12,16H,5-6,9H2,1-3H3. The molecule has 0 aliphatic heterocycles. The van der Waals surface area contributed by atoms with E-state index in [1.54, 1.807) is 0 Å². The summed E-state index contributed by atoms with van der Waals surface area (Å²) < 4.78 is 2.34. The van der Waals surface area contributed by atoms with Gasteiger partial charge >= 0.3 is 0 Å². The maximum atomic E-state index is 3.61. The lowest BCUT2D eigenvalue weighted by molar-refractivity contribution is 0.652. The average molecular weight is 228 g/mol. The van der Waals surface area contributed by atoms with Crippen LogP contribution in [0, 0.1) is 13.8 Å². The molecule has 0 unspecified atom stereocenters. The van der Waals surface area contributed by atoms with Gasteiger partial charge in [0.15, 0.2) is 0 Å². The van der Waals surface area contributed by atoms with Crippen LogP contribution < -0.4 is 5.32 Å². The van der Waals surface area contributed by atoms with Gasteiger partial charge in [-0.15, -0.1) is 0 Å². The number of nitrogens with one attached hydrogen (secondary N) is 1. The fourth-order valence-corrected chi connectivity index (χ4v) is 2.57. The van der Waals surface area contributed by atoms with Crippen LogP contribution >= 0.6 is 0 Å². The summed E-state index contributed by atoms with van der Waals surface area (Å²) in [5.41, 5.74) is 5.54. The topological polar surface area (TPSA) is 17.0 Å². The van der Waals surface area contributed by atoms with Crippen molar-refractivity contribution in [3.8, 4) is 0 Å². The first-order valence-electron chi connectivity index (χ1n) is 6.44. The molecule has 3 rings (SSSR count). The van der Waals surface area contributed by atoms with Crippen LogP contribution in [0.25, 0.3) is 10.9 Å². The molecule has 0 radical (unpaired) electrons. The molecular weight excluding hydrogens is 208 g/mol. The largest absolute Gasteiger partial charge is 0.346 e. The van der Waals surface area contributed by atoms with Crippen molar-refractivity contribution in [1.82, 2.24) is 9.88 Å². The van der Waals surface area contributed by atoms with E-state index in [0.29, 0.717) is 0 Å². The minimum atomic E-state index is 0.772. The average Bonchev–Trinajstić information content (AvgIpc) is 3.09. The third-order valence-corrected chi connectivity index (χ3v) is 3.89. The van der Waals surface area contributed by atoms with E-state index in [4.69, 9.17) is 0 Å². The van der Waals surface area contributed by atoms with Crippen LogP contribution in [0.4, 0.5) is 0 Å². The molecule has 1 heterocycles. The Bertz CT molecular complexity index is 562. The highest BCUT2D eigenvalue weighted by molar-refractivity contribution is 5.85. The minimum absolute atomic E-state index is 0.772. The Labute approximate surface area is 103 Å². The van der Waals surface area contributed by atoms with Gasteiger partial charge in [0.2, 0.25) is 0 Å². The van der Waals surface area contributed by atoms with Crippen LogP contribution in [0.2, 0.25) is 0 Å². The van der Waals surface area contributed by atoms with Crippen LogP contribution in [0.3, 0.4) is 0 Å². The number of nitrogens with zero attached hydrogens (tertiary/aromatic N) is 1. The second kappa shape index (κ2) is 3.88. The zero-order chi connectivity index (χ0) is 12.0. The summed E-state index contributed by atoms with van der Waals surface area (Å²) in [6.07, 6.45) is 2.70. The van der Waals surface area contributed by atoms with Crippen molar-refractivity contribution in [2.75, 3.05) is 0 Å². The minimum Gasteiger partial charge on any atom is -0.346 e. The van der Waals surface area contributed by atoms with E-state index in [2.05, 4.69) is 49.0 Å². The molecule has 1 saturated carbocycles. The zero-order valence-corrected chi connectivity index (χ0v) is 10.9. The molecular formula is C15H20N2. The molecule has 1 aromatic heterocycles. The Balaban J connectivity index is 2.03. The van der Waals surface area contributed by atoms with Crippen LogP contribution in [-0.4, -0.2) is 10.6 Å². The summed E-state index contributed by atoms with van der Waals surface area (Å²) in [5.74, 6) is 0. The molecule has 1 fully saturated rings. The first-order valence-corrected chi connectivity index (χ1v) is 6.44. The number of hydrogen-bond donors (Lipinski definition) is 1. The van der Waals surface area contributed by atoms with Crippen molar-refractivity contribution in [3.05, 3.63) is 35.0 Å². The summed E-state index contributed by atoms with van der Waals surface area (Å²) in [4.78, 5) is 0. The van der Waals surface area contributed by atoms with Crippen LogP contribution in [0.1, 0.15) is 29.7 Å². The number of aromatic nitrogens is 1. The first kappa shape index (κ1) is 10.8. The molecule has 2 aromatic rings. The van der Waals surface area contributed by atoms with Crippen LogP contribution in [0.15, 0.2) is 18.2 Å². The van der Waals surface area contributed by atoms with Crippen molar-refractivity contribution in [1.29, 1.82) is 0 Å². The van der Waals surface area contributed by atoms with Gasteiger partial charge in [-0.1, -0.05) is 12.1 Å². The normalized spacial score (nSPS) is 15.7. The van der Waals surface area contributed by atoms with Gasteiger partial charge in [0, 0.05) is 36.2 Å². The fraction of sp³-hybridized carbons (Fsp3) is 0.467. The molecule has 0 amide bonds. The quantitative estimate of drug-likeness (QED) is 0.854. The lowest BCUT2D eigenvalue weighted by Gasteiger charge is -2.06. The smallest absolute Gasteiger partial charge is 0.0485 e. The Hall–Kier alpha value is -1.28. The van der Waals surface area contributed by atoms with Gasteiger partial charge in [0.1, 0.15) is 0 Å². The molecule has 2 heteroatoms. The van der Waals surface area contributed by atoms with Gasteiger partial charge in [-0.25, -0.2) is 0 Å². The second-order valence-electron chi connectivity index (χ2n) is 5.31. The van der Waals surface area contributed by atoms with Gasteiger partial charge in [-0.05, 0) is 43.9 Å². The highest BCUT2D eigenvalue weighted by Crippen LogP contribution is 2.26. The van der Waals surface area contributed by atoms with Crippen molar-refractivity contribution in [2.24, 2.45) is 7.05 Å². The lowest BCUT2D eigenvalue weighted by atomic mass is 10.1. The summed E-state index contributed by atoms with van der Waals surface area (Å²) in [7, 11) is 2.18. The monoisotopic (exact) mass is 228 g/mol. The molecule has 0 saturated heterocycles. The summed E-state index contributed by atoms with van der Waals surface area (Å²) >= 11 is 0. The third kappa shape index (κ3) is 1.87. The van der Waals surface area contributed by atoms with E-state index in [-0.39, 0.29) is 0 Å². The van der Waals surface area contributed by atoms with E-state index >= 15 is 0 Å². The van der Waals surface area contributed by atoms with Gasteiger partial charge in [0.25, 0.3) is 0 Å². The van der Waals surface area contributed by atoms with Crippen LogP contribution in [-0.2, 0) is 13.6 Å². The Morgan fingerprint density at radius 3 is 2.76 bits per heavy atom. The van der Waals surface area contributed by atoms with Gasteiger partial charge < -0.3 is 9.88 Å². The molecule has 1 N–H and O–H groups in total. The molecule has 0 spiro atoms. The van der Waals surface area contributed by atoms with E-state index in [1.807, 2.05) is 0 Å². The molecule has 17 heavy (non-hydrogen) atoms. The molecule has 0 atom stereocenters. The predicted octanol–water partition coefficient (Wildman–Crippen LogP) is 3.05. The lowest BCUT2D eigenvalue weighted by Crippen LogP contribution is -2.17. The van der Waals surface area contributed by atoms with Crippen molar-refractivity contribution >= 4 is 10.9 Å². The predicted molar refractivity (Wildman–Crippen MR) is 72.3 cm³/mol. The molecule has 0 bridgehead atoms.